The van der Waals surface area contributed by atoms with Gasteiger partial charge in [0.05, 0.1) is 25.2 Å². The van der Waals surface area contributed by atoms with E-state index in [1.807, 2.05) is 0 Å². The van der Waals surface area contributed by atoms with Crippen molar-refractivity contribution in [1.29, 1.82) is 0 Å². The number of aliphatic hydroxyl groups is 2. The van der Waals surface area contributed by atoms with E-state index in [4.69, 9.17) is 4.74 Å². The highest BCUT2D eigenvalue weighted by Gasteiger charge is 2.24. The molecule has 0 saturated heterocycles. The van der Waals surface area contributed by atoms with E-state index in [1.54, 1.807) is 0 Å². The van der Waals surface area contributed by atoms with Gasteiger partial charge in [-0.2, -0.15) is 0 Å². The lowest BCUT2D eigenvalue weighted by Gasteiger charge is -2.24. The third-order valence-corrected chi connectivity index (χ3v) is 10.3. The molecule has 0 aliphatic heterocycles. The number of rotatable bonds is 40. The highest BCUT2D eigenvalue weighted by molar-refractivity contribution is 5.77. The molecule has 6 heteroatoms. The van der Waals surface area contributed by atoms with E-state index in [0.717, 1.165) is 57.8 Å². The van der Waals surface area contributed by atoms with Crippen molar-refractivity contribution in [2.75, 3.05) is 6.61 Å². The highest BCUT2D eigenvalue weighted by atomic mass is 16.5. The Kier molecular flexibility index (Phi) is 38.7. The van der Waals surface area contributed by atoms with Crippen LogP contribution in [0.4, 0.5) is 0 Å². The number of nitrogens with one attached hydrogen (secondary N) is 1. The van der Waals surface area contributed by atoms with Crippen molar-refractivity contribution < 1.29 is 24.5 Å². The molecule has 0 aromatic rings. The van der Waals surface area contributed by atoms with E-state index in [2.05, 4.69) is 38.2 Å². The summed E-state index contributed by atoms with van der Waals surface area (Å²) in [5, 5.41) is 23.5. The monoisotopic (exact) mass is 722 g/mol. The van der Waals surface area contributed by atoms with Crippen LogP contribution in [0, 0.1) is 0 Å². The third-order valence-electron chi connectivity index (χ3n) is 10.3. The summed E-state index contributed by atoms with van der Waals surface area (Å²) in [5.74, 6) is -0.487. The first kappa shape index (κ1) is 49.6. The summed E-state index contributed by atoms with van der Waals surface area (Å²) in [4.78, 5) is 25.9. The molecule has 6 nitrogen and oxygen atoms in total. The summed E-state index contributed by atoms with van der Waals surface area (Å²) in [7, 11) is 0. The van der Waals surface area contributed by atoms with Crippen molar-refractivity contribution in [2.24, 2.45) is 0 Å². The zero-order valence-corrected chi connectivity index (χ0v) is 34.3. The van der Waals surface area contributed by atoms with Gasteiger partial charge in [0.2, 0.25) is 5.91 Å². The molecule has 0 aromatic carbocycles. The van der Waals surface area contributed by atoms with Gasteiger partial charge in [0.15, 0.2) is 0 Å². The molecule has 0 aliphatic rings. The number of ether oxygens (including phenoxy) is 1. The number of carbonyl (C=O) groups is 2. The zero-order chi connectivity index (χ0) is 37.5. The standard InChI is InChI=1S/C45H87NO5/c1-4-7-10-13-16-19-20-21-22-23-26-29-32-35-38-45(50)51-41(36-33-30-27-24-17-14-11-8-5-2)39-44(49)46-42(40-47)43(48)37-34-31-28-25-18-15-12-9-6-3/h22-23,41-43,47-48H,4-21,24-40H2,1-3H3,(H,46,49)/b23-22-. The number of hydrogen-bond acceptors (Lipinski definition) is 5. The Morgan fingerprint density at radius 3 is 1.39 bits per heavy atom. The van der Waals surface area contributed by atoms with E-state index in [1.165, 1.54) is 135 Å². The quantitative estimate of drug-likeness (QED) is 0.0332. The number of amides is 1. The average molecular weight is 722 g/mol. The highest BCUT2D eigenvalue weighted by Crippen LogP contribution is 2.17. The Morgan fingerprint density at radius 2 is 0.941 bits per heavy atom. The molecule has 1 amide bonds. The molecule has 302 valence electrons. The molecule has 3 unspecified atom stereocenters. The molecule has 3 atom stereocenters. The molecule has 0 aliphatic carbocycles. The van der Waals surface area contributed by atoms with Gasteiger partial charge in [0.25, 0.3) is 0 Å². The number of carbonyl (C=O) groups excluding carboxylic acids is 2. The van der Waals surface area contributed by atoms with Gasteiger partial charge in [0.1, 0.15) is 6.10 Å². The molecule has 0 heterocycles. The van der Waals surface area contributed by atoms with Gasteiger partial charge >= 0.3 is 5.97 Å². The van der Waals surface area contributed by atoms with Gasteiger partial charge in [-0.25, -0.2) is 0 Å². The summed E-state index contributed by atoms with van der Waals surface area (Å²) < 4.78 is 5.88. The predicted octanol–water partition coefficient (Wildman–Crippen LogP) is 12.6. The summed E-state index contributed by atoms with van der Waals surface area (Å²) >= 11 is 0. The van der Waals surface area contributed by atoms with Gasteiger partial charge in [0, 0.05) is 6.42 Å². The molecule has 0 spiro atoms. The molecule has 3 N–H and O–H groups in total. The second-order valence-corrected chi connectivity index (χ2v) is 15.5. The van der Waals surface area contributed by atoms with Gasteiger partial charge in [-0.1, -0.05) is 187 Å². The molecule has 51 heavy (non-hydrogen) atoms. The lowest BCUT2D eigenvalue weighted by molar-refractivity contribution is -0.151. The van der Waals surface area contributed by atoms with Crippen molar-refractivity contribution >= 4 is 11.9 Å². The fourth-order valence-corrected chi connectivity index (χ4v) is 6.89. The Hall–Kier alpha value is -1.40. The van der Waals surface area contributed by atoms with Crippen molar-refractivity contribution in [2.45, 2.75) is 257 Å². The fourth-order valence-electron chi connectivity index (χ4n) is 6.89. The number of allylic oxidation sites excluding steroid dienone is 2. The third kappa shape index (κ3) is 35.4. The van der Waals surface area contributed by atoms with Crippen LogP contribution >= 0.6 is 0 Å². The smallest absolute Gasteiger partial charge is 0.306 e. The van der Waals surface area contributed by atoms with Gasteiger partial charge < -0.3 is 20.3 Å². The van der Waals surface area contributed by atoms with E-state index in [-0.39, 0.29) is 24.9 Å². The molecular weight excluding hydrogens is 634 g/mol. The second kappa shape index (κ2) is 39.8. The lowest BCUT2D eigenvalue weighted by atomic mass is 10.0. The van der Waals surface area contributed by atoms with E-state index < -0.39 is 18.2 Å². The zero-order valence-electron chi connectivity index (χ0n) is 34.3. The normalized spacial score (nSPS) is 13.4. The van der Waals surface area contributed by atoms with Crippen LogP contribution in [0.5, 0.6) is 0 Å². The SMILES string of the molecule is CCCCCCCCC/C=C\CCCCCC(=O)OC(CCCCCCCCCCC)CC(=O)NC(CO)C(O)CCCCCCCCCCC. The van der Waals surface area contributed by atoms with E-state index >= 15 is 0 Å². The van der Waals surface area contributed by atoms with Crippen molar-refractivity contribution in [3.05, 3.63) is 12.2 Å². The molecule has 0 bridgehead atoms. The first-order chi connectivity index (χ1) is 25.0. The minimum absolute atomic E-state index is 0.0769. The van der Waals surface area contributed by atoms with Crippen LogP contribution in [0.15, 0.2) is 12.2 Å². The summed E-state index contributed by atoms with van der Waals surface area (Å²) in [6.45, 7) is 6.44. The first-order valence-electron chi connectivity index (χ1n) is 22.4. The van der Waals surface area contributed by atoms with Gasteiger partial charge in [-0.3, -0.25) is 9.59 Å². The van der Waals surface area contributed by atoms with Crippen LogP contribution in [0.1, 0.15) is 239 Å². The largest absolute Gasteiger partial charge is 0.462 e. The van der Waals surface area contributed by atoms with Crippen LogP contribution in [-0.2, 0) is 14.3 Å². The lowest BCUT2D eigenvalue weighted by Crippen LogP contribution is -2.46. The number of esters is 1. The fraction of sp³-hybridized carbons (Fsp3) is 0.911. The molecule has 0 saturated carbocycles. The first-order valence-corrected chi connectivity index (χ1v) is 22.4. The Labute approximate surface area is 317 Å². The van der Waals surface area contributed by atoms with E-state index in [9.17, 15) is 19.8 Å². The van der Waals surface area contributed by atoms with Crippen LogP contribution in [0.2, 0.25) is 0 Å². The Bertz CT molecular complexity index is 772. The Balaban J connectivity index is 4.53. The molecule has 0 fully saturated rings. The molecular formula is C45H87NO5. The van der Waals surface area contributed by atoms with Gasteiger partial charge in [-0.05, 0) is 51.4 Å². The average Bonchev–Trinajstić information content (AvgIpc) is 3.12. The maximum absolute atomic E-state index is 13.1. The minimum Gasteiger partial charge on any atom is -0.462 e. The van der Waals surface area contributed by atoms with Crippen LogP contribution in [0.3, 0.4) is 0 Å². The Morgan fingerprint density at radius 1 is 0.549 bits per heavy atom. The number of aliphatic hydroxyl groups excluding tert-OH is 2. The maximum atomic E-state index is 13.1. The second-order valence-electron chi connectivity index (χ2n) is 15.5. The van der Waals surface area contributed by atoms with E-state index in [0.29, 0.717) is 19.3 Å². The summed E-state index contributed by atoms with van der Waals surface area (Å²) in [5.41, 5.74) is 0. The van der Waals surface area contributed by atoms with Crippen molar-refractivity contribution in [3.8, 4) is 0 Å². The minimum atomic E-state index is -0.781. The summed E-state index contributed by atoms with van der Waals surface area (Å²) in [6.07, 6.45) is 41.3. The molecule has 0 aromatic heterocycles. The summed E-state index contributed by atoms with van der Waals surface area (Å²) in [6, 6.07) is -0.694. The predicted molar refractivity (Wildman–Crippen MR) is 218 cm³/mol. The topological polar surface area (TPSA) is 95.9 Å². The molecule has 0 rings (SSSR count). The van der Waals surface area contributed by atoms with Crippen LogP contribution in [0.25, 0.3) is 0 Å². The molecule has 0 radical (unpaired) electrons. The maximum Gasteiger partial charge on any atom is 0.306 e. The van der Waals surface area contributed by atoms with Gasteiger partial charge in [-0.15, -0.1) is 0 Å². The number of unbranched alkanes of at least 4 members (excludes halogenated alkanes) is 26. The van der Waals surface area contributed by atoms with Crippen LogP contribution < -0.4 is 5.32 Å². The van der Waals surface area contributed by atoms with Crippen molar-refractivity contribution in [1.82, 2.24) is 5.32 Å². The number of hydrogen-bond donors (Lipinski definition) is 3. The van der Waals surface area contributed by atoms with Crippen molar-refractivity contribution in [3.63, 3.8) is 0 Å². The van der Waals surface area contributed by atoms with Crippen LogP contribution in [-0.4, -0.2) is 46.9 Å².